The fourth-order valence-corrected chi connectivity index (χ4v) is 3.66. The summed E-state index contributed by atoms with van der Waals surface area (Å²) in [5.74, 6) is 1.29. The molecular weight excluding hydrogens is 360 g/mol. The van der Waals surface area contributed by atoms with Gasteiger partial charge in [-0.25, -0.2) is 0 Å². The summed E-state index contributed by atoms with van der Waals surface area (Å²) in [7, 11) is 1.87. The molecule has 2 atom stereocenters. The molecule has 0 aliphatic rings. The molecule has 1 aromatic carbocycles. The Labute approximate surface area is 163 Å². The molecule has 0 saturated heterocycles. The average molecular weight is 385 g/mol. The lowest BCUT2D eigenvalue weighted by molar-refractivity contribution is -0.121. The summed E-state index contributed by atoms with van der Waals surface area (Å²) in [5.41, 5.74) is 1.13. The van der Waals surface area contributed by atoms with Gasteiger partial charge in [-0.3, -0.25) is 4.79 Å². The van der Waals surface area contributed by atoms with Gasteiger partial charge in [-0.1, -0.05) is 55.4 Å². The Balaban J connectivity index is 1.67. The summed E-state index contributed by atoms with van der Waals surface area (Å²) in [6.07, 6.45) is 3.50. The lowest BCUT2D eigenvalue weighted by Gasteiger charge is -2.21. The molecule has 0 fully saturated rings. The van der Waals surface area contributed by atoms with Crippen molar-refractivity contribution < 1.29 is 9.21 Å². The van der Waals surface area contributed by atoms with Crippen molar-refractivity contribution in [3.63, 3.8) is 0 Å². The van der Waals surface area contributed by atoms with Crippen LogP contribution in [0.3, 0.4) is 0 Å². The van der Waals surface area contributed by atoms with E-state index in [4.69, 9.17) is 4.42 Å². The van der Waals surface area contributed by atoms with Crippen LogP contribution in [0.1, 0.15) is 38.3 Å². The highest BCUT2D eigenvalue weighted by molar-refractivity contribution is 8.00. The van der Waals surface area contributed by atoms with Gasteiger partial charge in [0, 0.05) is 7.05 Å². The SMILES string of the molecule is CCC[C@H](NC(=O)[C@H](C)Sc1nnc(-c2ccco2)n1C)c1ccccc1. The van der Waals surface area contributed by atoms with Crippen LogP contribution in [-0.4, -0.2) is 25.9 Å². The number of carbonyl (C=O) groups excluding carboxylic acids is 1. The van der Waals surface area contributed by atoms with Gasteiger partial charge in [-0.05, 0) is 31.0 Å². The Hall–Kier alpha value is -2.54. The molecular formula is C20H24N4O2S. The monoisotopic (exact) mass is 384 g/mol. The van der Waals surface area contributed by atoms with Crippen LogP contribution in [0.15, 0.2) is 58.3 Å². The van der Waals surface area contributed by atoms with E-state index in [9.17, 15) is 4.79 Å². The molecule has 3 rings (SSSR count). The summed E-state index contributed by atoms with van der Waals surface area (Å²) in [6.45, 7) is 4.01. The minimum atomic E-state index is -0.291. The number of thioether (sulfide) groups is 1. The standard InChI is InChI=1S/C20H24N4O2S/c1-4-9-16(15-10-6-5-7-11-15)21-19(25)14(2)27-20-23-22-18(24(20)3)17-12-8-13-26-17/h5-8,10-14,16H,4,9H2,1-3H3,(H,21,25)/t14-,16-/m0/s1. The molecule has 0 spiro atoms. The minimum absolute atomic E-state index is 0.00940. The molecule has 0 unspecified atom stereocenters. The summed E-state index contributed by atoms with van der Waals surface area (Å²) in [5, 5.41) is 11.9. The average Bonchev–Trinajstić information content (AvgIpc) is 3.32. The second kappa shape index (κ2) is 8.90. The largest absolute Gasteiger partial charge is 0.461 e. The highest BCUT2D eigenvalue weighted by Crippen LogP contribution is 2.27. The number of nitrogens with zero attached hydrogens (tertiary/aromatic N) is 3. The third kappa shape index (κ3) is 4.60. The number of hydrogen-bond donors (Lipinski definition) is 1. The number of carbonyl (C=O) groups is 1. The number of hydrogen-bond acceptors (Lipinski definition) is 5. The van der Waals surface area contributed by atoms with E-state index >= 15 is 0 Å². The predicted octanol–water partition coefficient (Wildman–Crippen LogP) is 4.21. The molecule has 27 heavy (non-hydrogen) atoms. The highest BCUT2D eigenvalue weighted by Gasteiger charge is 2.22. The number of aromatic nitrogens is 3. The Morgan fingerprint density at radius 3 is 2.67 bits per heavy atom. The maximum atomic E-state index is 12.7. The molecule has 1 N–H and O–H groups in total. The molecule has 6 nitrogen and oxygen atoms in total. The normalized spacial score (nSPS) is 13.3. The lowest BCUT2D eigenvalue weighted by Crippen LogP contribution is -2.34. The van der Waals surface area contributed by atoms with Crippen LogP contribution < -0.4 is 5.32 Å². The number of furan rings is 1. The molecule has 2 heterocycles. The van der Waals surface area contributed by atoms with Gasteiger partial charge in [0.15, 0.2) is 16.7 Å². The number of benzene rings is 1. The zero-order chi connectivity index (χ0) is 19.2. The smallest absolute Gasteiger partial charge is 0.233 e. The Morgan fingerprint density at radius 2 is 2.00 bits per heavy atom. The van der Waals surface area contributed by atoms with Gasteiger partial charge in [0.25, 0.3) is 0 Å². The molecule has 0 bridgehead atoms. The van der Waals surface area contributed by atoms with Crippen molar-refractivity contribution in [2.75, 3.05) is 0 Å². The van der Waals surface area contributed by atoms with Crippen LogP contribution in [0.4, 0.5) is 0 Å². The number of rotatable bonds is 8. The van der Waals surface area contributed by atoms with Crippen molar-refractivity contribution in [3.8, 4) is 11.6 Å². The van der Waals surface area contributed by atoms with Crippen molar-refractivity contribution in [3.05, 3.63) is 54.3 Å². The van der Waals surface area contributed by atoms with Gasteiger partial charge >= 0.3 is 0 Å². The number of amides is 1. The first-order valence-electron chi connectivity index (χ1n) is 9.05. The Morgan fingerprint density at radius 1 is 1.22 bits per heavy atom. The van der Waals surface area contributed by atoms with E-state index in [1.54, 1.807) is 6.26 Å². The van der Waals surface area contributed by atoms with Crippen molar-refractivity contribution in [2.45, 2.75) is 43.1 Å². The van der Waals surface area contributed by atoms with E-state index in [0.29, 0.717) is 16.7 Å². The van der Waals surface area contributed by atoms with E-state index in [0.717, 1.165) is 18.4 Å². The van der Waals surface area contributed by atoms with E-state index < -0.39 is 0 Å². The van der Waals surface area contributed by atoms with Crippen molar-refractivity contribution in [1.82, 2.24) is 20.1 Å². The molecule has 0 radical (unpaired) electrons. The van der Waals surface area contributed by atoms with E-state index in [-0.39, 0.29) is 17.2 Å². The highest BCUT2D eigenvalue weighted by atomic mass is 32.2. The van der Waals surface area contributed by atoms with Gasteiger partial charge in [0.1, 0.15) is 0 Å². The van der Waals surface area contributed by atoms with Gasteiger partial charge in [-0.2, -0.15) is 0 Å². The summed E-state index contributed by atoms with van der Waals surface area (Å²) in [6, 6.07) is 13.7. The third-order valence-corrected chi connectivity index (χ3v) is 5.46. The van der Waals surface area contributed by atoms with Crippen molar-refractivity contribution >= 4 is 17.7 Å². The van der Waals surface area contributed by atoms with Crippen LogP contribution in [0, 0.1) is 0 Å². The van der Waals surface area contributed by atoms with Crippen LogP contribution >= 0.6 is 11.8 Å². The van der Waals surface area contributed by atoms with Crippen molar-refractivity contribution in [2.24, 2.45) is 7.05 Å². The molecule has 1 amide bonds. The molecule has 7 heteroatoms. The summed E-state index contributed by atoms with van der Waals surface area (Å²) >= 11 is 1.39. The Kier molecular flexibility index (Phi) is 6.34. The molecule has 3 aromatic rings. The molecule has 0 aliphatic heterocycles. The fraction of sp³-hybridized carbons (Fsp3) is 0.350. The van der Waals surface area contributed by atoms with Crippen LogP contribution in [0.2, 0.25) is 0 Å². The molecule has 0 aliphatic carbocycles. The third-order valence-electron chi connectivity index (χ3n) is 4.32. The van der Waals surface area contributed by atoms with E-state index in [1.807, 2.05) is 48.9 Å². The topological polar surface area (TPSA) is 73.0 Å². The van der Waals surface area contributed by atoms with Crippen LogP contribution in [0.5, 0.6) is 0 Å². The first-order chi connectivity index (χ1) is 13.1. The quantitative estimate of drug-likeness (QED) is 0.589. The zero-order valence-electron chi connectivity index (χ0n) is 15.8. The summed E-state index contributed by atoms with van der Waals surface area (Å²) < 4.78 is 7.22. The first kappa shape index (κ1) is 19.2. The van der Waals surface area contributed by atoms with Crippen LogP contribution in [-0.2, 0) is 11.8 Å². The van der Waals surface area contributed by atoms with Gasteiger partial charge in [0.2, 0.25) is 5.91 Å². The van der Waals surface area contributed by atoms with Gasteiger partial charge in [-0.15, -0.1) is 10.2 Å². The first-order valence-corrected chi connectivity index (χ1v) is 9.93. The maximum Gasteiger partial charge on any atom is 0.233 e. The van der Waals surface area contributed by atoms with Crippen molar-refractivity contribution in [1.29, 1.82) is 0 Å². The summed E-state index contributed by atoms with van der Waals surface area (Å²) in [4.78, 5) is 12.7. The zero-order valence-corrected chi connectivity index (χ0v) is 16.6. The molecule has 0 saturated carbocycles. The predicted molar refractivity (Wildman–Crippen MR) is 106 cm³/mol. The number of nitrogens with one attached hydrogen (secondary N) is 1. The van der Waals surface area contributed by atoms with Gasteiger partial charge in [0.05, 0.1) is 17.6 Å². The second-order valence-corrected chi connectivity index (χ2v) is 7.67. The van der Waals surface area contributed by atoms with Gasteiger partial charge < -0.3 is 14.3 Å². The molecule has 142 valence electrons. The maximum absolute atomic E-state index is 12.7. The Bertz CT molecular complexity index is 862. The van der Waals surface area contributed by atoms with Crippen LogP contribution in [0.25, 0.3) is 11.6 Å². The minimum Gasteiger partial charge on any atom is -0.461 e. The fourth-order valence-electron chi connectivity index (χ4n) is 2.83. The van der Waals surface area contributed by atoms with E-state index in [2.05, 4.69) is 34.6 Å². The lowest BCUT2D eigenvalue weighted by atomic mass is 10.0. The second-order valence-electron chi connectivity index (χ2n) is 6.36. The molecule has 2 aromatic heterocycles. The van der Waals surface area contributed by atoms with E-state index in [1.165, 1.54) is 11.8 Å².